The smallest absolute Gasteiger partial charge is 0.192 e. The van der Waals surface area contributed by atoms with Crippen molar-refractivity contribution in [2.45, 2.75) is 40.4 Å². The Hall–Kier alpha value is -0.860. The fourth-order valence-corrected chi connectivity index (χ4v) is 2.07. The zero-order chi connectivity index (χ0) is 12.2. The number of rotatable bonds is 5. The Kier molecular flexibility index (Phi) is 4.51. The number of aryl methyl sites for hydroxylation is 2. The van der Waals surface area contributed by atoms with Gasteiger partial charge in [-0.1, -0.05) is 23.8 Å². The lowest BCUT2D eigenvalue weighted by Crippen LogP contribution is -2.30. The fourth-order valence-electron chi connectivity index (χ4n) is 2.07. The molecule has 0 fully saturated rings. The van der Waals surface area contributed by atoms with E-state index in [9.17, 15) is 0 Å². The predicted molar refractivity (Wildman–Crippen MR) is 66.5 cm³/mol. The van der Waals surface area contributed by atoms with Crippen LogP contribution in [0.4, 0.5) is 0 Å². The van der Waals surface area contributed by atoms with Gasteiger partial charge < -0.3 is 9.47 Å². The molecule has 0 N–H and O–H groups in total. The quantitative estimate of drug-likeness (QED) is 0.709. The molecular weight excluding hydrogens is 200 g/mol. The van der Waals surface area contributed by atoms with Crippen LogP contribution in [-0.4, -0.2) is 13.2 Å². The molecule has 0 heterocycles. The second-order valence-corrected chi connectivity index (χ2v) is 4.13. The molecule has 1 aromatic rings. The highest BCUT2D eigenvalue weighted by Crippen LogP contribution is 2.29. The third-order valence-corrected chi connectivity index (χ3v) is 2.71. The summed E-state index contributed by atoms with van der Waals surface area (Å²) in [6.45, 7) is 11.4. The maximum atomic E-state index is 5.75. The van der Waals surface area contributed by atoms with Crippen molar-refractivity contribution in [1.29, 1.82) is 0 Å². The molecule has 0 atom stereocenters. The highest BCUT2D eigenvalue weighted by molar-refractivity contribution is 5.33. The Morgan fingerprint density at radius 3 is 2.06 bits per heavy atom. The number of benzene rings is 1. The van der Waals surface area contributed by atoms with Crippen molar-refractivity contribution >= 4 is 0 Å². The molecule has 90 valence electrons. The van der Waals surface area contributed by atoms with Crippen LogP contribution < -0.4 is 0 Å². The molecular formula is C14H22O2. The van der Waals surface area contributed by atoms with Crippen LogP contribution in [0.3, 0.4) is 0 Å². The Bertz CT molecular complexity index is 339. The summed E-state index contributed by atoms with van der Waals surface area (Å²) in [6, 6.07) is 6.35. The van der Waals surface area contributed by atoms with E-state index >= 15 is 0 Å². The zero-order valence-corrected chi connectivity index (χ0v) is 11.0. The maximum Gasteiger partial charge on any atom is 0.192 e. The monoisotopic (exact) mass is 222 g/mol. The Morgan fingerprint density at radius 1 is 1.06 bits per heavy atom. The van der Waals surface area contributed by atoms with Crippen LogP contribution in [0, 0.1) is 13.8 Å². The Labute approximate surface area is 98.6 Å². The third kappa shape index (κ3) is 2.83. The van der Waals surface area contributed by atoms with E-state index in [0.29, 0.717) is 13.2 Å². The molecule has 0 spiro atoms. The molecule has 0 amide bonds. The summed E-state index contributed by atoms with van der Waals surface area (Å²) >= 11 is 0. The second kappa shape index (κ2) is 5.46. The van der Waals surface area contributed by atoms with Crippen LogP contribution in [0.2, 0.25) is 0 Å². The minimum absolute atomic E-state index is 0.624. The first kappa shape index (κ1) is 13.2. The van der Waals surface area contributed by atoms with E-state index in [1.54, 1.807) is 0 Å². The summed E-state index contributed by atoms with van der Waals surface area (Å²) in [5, 5.41) is 0. The van der Waals surface area contributed by atoms with Crippen LogP contribution in [0.15, 0.2) is 18.2 Å². The lowest BCUT2D eigenvalue weighted by molar-refractivity contribution is -0.230. The van der Waals surface area contributed by atoms with E-state index < -0.39 is 5.79 Å². The fraction of sp³-hybridized carbons (Fsp3) is 0.571. The molecule has 0 aromatic heterocycles. The van der Waals surface area contributed by atoms with Crippen molar-refractivity contribution in [2.24, 2.45) is 0 Å². The normalized spacial score (nSPS) is 11.8. The van der Waals surface area contributed by atoms with Gasteiger partial charge in [-0.05, 0) is 40.2 Å². The summed E-state index contributed by atoms with van der Waals surface area (Å²) in [4.78, 5) is 0. The lowest BCUT2D eigenvalue weighted by Gasteiger charge is -2.31. The summed E-state index contributed by atoms with van der Waals surface area (Å²) in [6.07, 6.45) is 0. The highest BCUT2D eigenvalue weighted by atomic mass is 16.7. The van der Waals surface area contributed by atoms with Gasteiger partial charge in [-0.25, -0.2) is 0 Å². The molecule has 0 saturated carbocycles. The van der Waals surface area contributed by atoms with E-state index in [2.05, 4.69) is 32.0 Å². The third-order valence-electron chi connectivity index (χ3n) is 2.71. The molecule has 16 heavy (non-hydrogen) atoms. The Balaban J connectivity index is 3.10. The van der Waals surface area contributed by atoms with Gasteiger partial charge in [0.15, 0.2) is 5.79 Å². The molecule has 0 aliphatic carbocycles. The minimum atomic E-state index is -0.624. The van der Waals surface area contributed by atoms with E-state index in [1.807, 2.05) is 20.8 Å². The Morgan fingerprint density at radius 2 is 1.62 bits per heavy atom. The summed E-state index contributed by atoms with van der Waals surface area (Å²) in [5.74, 6) is -0.624. The first-order valence-electron chi connectivity index (χ1n) is 5.89. The van der Waals surface area contributed by atoms with Crippen LogP contribution in [0.5, 0.6) is 0 Å². The number of ether oxygens (including phenoxy) is 2. The number of hydrogen-bond acceptors (Lipinski definition) is 2. The summed E-state index contributed by atoms with van der Waals surface area (Å²) in [5.41, 5.74) is 3.59. The van der Waals surface area contributed by atoms with E-state index in [1.165, 1.54) is 11.1 Å². The first-order valence-corrected chi connectivity index (χ1v) is 5.89. The van der Waals surface area contributed by atoms with Crippen molar-refractivity contribution < 1.29 is 9.47 Å². The van der Waals surface area contributed by atoms with Gasteiger partial charge in [0.2, 0.25) is 0 Å². The summed E-state index contributed by atoms with van der Waals surface area (Å²) < 4.78 is 11.5. The topological polar surface area (TPSA) is 18.5 Å². The maximum absolute atomic E-state index is 5.75. The molecule has 0 aliphatic heterocycles. The van der Waals surface area contributed by atoms with Gasteiger partial charge in [-0.2, -0.15) is 0 Å². The molecule has 0 radical (unpaired) electrons. The molecule has 2 heteroatoms. The molecule has 2 nitrogen and oxygen atoms in total. The van der Waals surface area contributed by atoms with Gasteiger partial charge in [0.25, 0.3) is 0 Å². The zero-order valence-electron chi connectivity index (χ0n) is 11.0. The average Bonchev–Trinajstić information content (AvgIpc) is 2.17. The van der Waals surface area contributed by atoms with Gasteiger partial charge in [0.1, 0.15) is 0 Å². The average molecular weight is 222 g/mol. The van der Waals surface area contributed by atoms with Gasteiger partial charge in [-0.15, -0.1) is 0 Å². The first-order chi connectivity index (χ1) is 7.53. The predicted octanol–water partition coefficient (Wildman–Crippen LogP) is 3.55. The standard InChI is InChI=1S/C14H22O2/c1-6-15-14(5,16-7-2)13-9-8-11(3)10-12(13)4/h8-10H,6-7H2,1-5H3. The van der Waals surface area contributed by atoms with Crippen LogP contribution in [-0.2, 0) is 15.3 Å². The van der Waals surface area contributed by atoms with Gasteiger partial charge in [0, 0.05) is 18.8 Å². The molecule has 1 rings (SSSR count). The van der Waals surface area contributed by atoms with Crippen molar-refractivity contribution in [3.8, 4) is 0 Å². The van der Waals surface area contributed by atoms with Crippen molar-refractivity contribution in [1.82, 2.24) is 0 Å². The van der Waals surface area contributed by atoms with Crippen molar-refractivity contribution in [3.05, 3.63) is 34.9 Å². The highest BCUT2D eigenvalue weighted by Gasteiger charge is 2.28. The van der Waals surface area contributed by atoms with Gasteiger partial charge >= 0.3 is 0 Å². The molecule has 1 aromatic carbocycles. The van der Waals surface area contributed by atoms with Gasteiger partial charge in [0.05, 0.1) is 0 Å². The van der Waals surface area contributed by atoms with Crippen molar-refractivity contribution in [3.63, 3.8) is 0 Å². The number of hydrogen-bond donors (Lipinski definition) is 0. The molecule has 0 aliphatic rings. The van der Waals surface area contributed by atoms with E-state index in [4.69, 9.17) is 9.47 Å². The van der Waals surface area contributed by atoms with Crippen LogP contribution in [0.1, 0.15) is 37.5 Å². The van der Waals surface area contributed by atoms with Crippen LogP contribution >= 0.6 is 0 Å². The van der Waals surface area contributed by atoms with E-state index in [0.717, 1.165) is 5.56 Å². The molecule has 0 unspecified atom stereocenters. The minimum Gasteiger partial charge on any atom is -0.346 e. The molecule has 0 saturated heterocycles. The van der Waals surface area contributed by atoms with Crippen LogP contribution in [0.25, 0.3) is 0 Å². The van der Waals surface area contributed by atoms with Crippen molar-refractivity contribution in [2.75, 3.05) is 13.2 Å². The largest absolute Gasteiger partial charge is 0.346 e. The SMILES string of the molecule is CCOC(C)(OCC)c1ccc(C)cc1C. The second-order valence-electron chi connectivity index (χ2n) is 4.13. The van der Waals surface area contributed by atoms with E-state index in [-0.39, 0.29) is 0 Å². The molecule has 0 bridgehead atoms. The lowest BCUT2D eigenvalue weighted by atomic mass is 9.99. The van der Waals surface area contributed by atoms with Gasteiger partial charge in [-0.3, -0.25) is 0 Å². The summed E-state index contributed by atoms with van der Waals surface area (Å²) in [7, 11) is 0.